The van der Waals surface area contributed by atoms with Crippen LogP contribution in [0.3, 0.4) is 0 Å². The highest BCUT2D eigenvalue weighted by molar-refractivity contribution is 14.0. The molecular weight excluding hydrogens is 457 g/mol. The minimum Gasteiger partial charge on any atom is -0.497 e. The molecule has 0 radical (unpaired) electrons. The molecule has 7 heteroatoms. The van der Waals surface area contributed by atoms with E-state index in [0.29, 0.717) is 19.1 Å². The van der Waals surface area contributed by atoms with Crippen LogP contribution >= 0.6 is 24.0 Å². The first-order valence-corrected chi connectivity index (χ1v) is 8.62. The topological polar surface area (TPSA) is 64.1 Å². The average Bonchev–Trinajstić information content (AvgIpc) is 2.65. The van der Waals surface area contributed by atoms with Gasteiger partial charge in [-0.05, 0) is 62.4 Å². The average molecular weight is 485 g/mol. The summed E-state index contributed by atoms with van der Waals surface area (Å²) in [7, 11) is 3.37. The maximum atomic E-state index is 5.69. The van der Waals surface area contributed by atoms with Crippen LogP contribution in [0.4, 0.5) is 5.69 Å². The summed E-state index contributed by atoms with van der Waals surface area (Å²) in [6.45, 7) is 5.16. The van der Waals surface area contributed by atoms with Crippen molar-refractivity contribution in [3.05, 3.63) is 48.5 Å². The van der Waals surface area contributed by atoms with Gasteiger partial charge in [0.25, 0.3) is 0 Å². The first-order valence-electron chi connectivity index (χ1n) is 8.62. The molecule has 0 unspecified atom stereocenters. The number of hydrogen-bond acceptors (Lipinski definition) is 4. The summed E-state index contributed by atoms with van der Waals surface area (Å²) < 4.78 is 16.4. The molecule has 0 amide bonds. The Balaban J connectivity index is 0.00000364. The lowest BCUT2D eigenvalue weighted by Crippen LogP contribution is -2.33. The molecule has 0 spiro atoms. The van der Waals surface area contributed by atoms with Gasteiger partial charge in [-0.25, -0.2) is 0 Å². The molecule has 0 bridgehead atoms. The van der Waals surface area contributed by atoms with E-state index in [1.165, 1.54) is 0 Å². The molecule has 2 aromatic rings. The molecule has 2 rings (SSSR count). The quantitative estimate of drug-likeness (QED) is 0.255. The van der Waals surface area contributed by atoms with Crippen LogP contribution in [0.2, 0.25) is 0 Å². The number of guanidine groups is 1. The molecule has 27 heavy (non-hydrogen) atoms. The zero-order valence-corrected chi connectivity index (χ0v) is 18.5. The Kier molecular flexibility index (Phi) is 10.4. The molecule has 6 nitrogen and oxygen atoms in total. The summed E-state index contributed by atoms with van der Waals surface area (Å²) in [4.78, 5) is 4.21. The summed E-state index contributed by atoms with van der Waals surface area (Å²) in [6.07, 6.45) is 0.161. The second-order valence-electron chi connectivity index (χ2n) is 5.84. The van der Waals surface area contributed by atoms with E-state index in [9.17, 15) is 0 Å². The van der Waals surface area contributed by atoms with Crippen molar-refractivity contribution >= 4 is 35.6 Å². The number of rotatable bonds is 8. The van der Waals surface area contributed by atoms with Gasteiger partial charge in [-0.15, -0.1) is 24.0 Å². The van der Waals surface area contributed by atoms with Crippen LogP contribution in [-0.2, 0) is 0 Å². The van der Waals surface area contributed by atoms with E-state index in [-0.39, 0.29) is 30.1 Å². The molecule has 0 saturated heterocycles. The molecule has 0 atom stereocenters. The van der Waals surface area contributed by atoms with Gasteiger partial charge in [0.1, 0.15) is 23.9 Å². The van der Waals surface area contributed by atoms with Crippen molar-refractivity contribution in [1.82, 2.24) is 5.32 Å². The molecule has 0 aromatic heterocycles. The van der Waals surface area contributed by atoms with Crippen molar-refractivity contribution in [2.24, 2.45) is 4.99 Å². The molecule has 0 aliphatic carbocycles. The maximum Gasteiger partial charge on any atom is 0.195 e. The van der Waals surface area contributed by atoms with Crippen LogP contribution in [0.15, 0.2) is 53.5 Å². The van der Waals surface area contributed by atoms with Gasteiger partial charge < -0.3 is 24.8 Å². The third kappa shape index (κ3) is 8.38. The van der Waals surface area contributed by atoms with Crippen molar-refractivity contribution < 1.29 is 14.2 Å². The normalized spacial score (nSPS) is 10.8. The van der Waals surface area contributed by atoms with Crippen LogP contribution in [0.1, 0.15) is 13.8 Å². The van der Waals surface area contributed by atoms with E-state index in [0.717, 1.165) is 22.9 Å². The van der Waals surface area contributed by atoms with Gasteiger partial charge in [-0.3, -0.25) is 4.99 Å². The van der Waals surface area contributed by atoms with E-state index in [4.69, 9.17) is 14.2 Å². The van der Waals surface area contributed by atoms with Gasteiger partial charge in [0.05, 0.1) is 19.8 Å². The number of ether oxygens (including phenoxy) is 3. The van der Waals surface area contributed by atoms with Crippen molar-refractivity contribution in [3.63, 3.8) is 0 Å². The molecule has 0 heterocycles. The van der Waals surface area contributed by atoms with Crippen molar-refractivity contribution in [2.75, 3.05) is 32.6 Å². The Bertz CT molecular complexity index is 689. The molecule has 0 aliphatic heterocycles. The summed E-state index contributed by atoms with van der Waals surface area (Å²) in [5.74, 6) is 3.14. The van der Waals surface area contributed by atoms with Crippen LogP contribution in [0.5, 0.6) is 17.2 Å². The first kappa shape index (κ1) is 22.9. The van der Waals surface area contributed by atoms with Crippen LogP contribution in [0, 0.1) is 0 Å². The number of methoxy groups -OCH3 is 1. The molecule has 148 valence electrons. The number of nitrogens with one attached hydrogen (secondary N) is 2. The number of nitrogens with zero attached hydrogens (tertiary/aromatic N) is 1. The lowest BCUT2D eigenvalue weighted by molar-refractivity contribution is 0.242. The standard InChI is InChI=1S/C20H27N3O3.HI/c1-15(2)26-19-7-5-16(6-8-19)23-20(21-3)22-13-14-25-18-11-9-17(24-4)10-12-18;/h5-12,15H,13-14H2,1-4H3,(H2,21,22,23);1H. The minimum atomic E-state index is 0. The molecule has 0 aliphatic rings. The predicted octanol–water partition coefficient (Wildman–Crippen LogP) is 4.17. The highest BCUT2D eigenvalue weighted by Gasteiger charge is 2.02. The molecule has 2 N–H and O–H groups in total. The van der Waals surface area contributed by atoms with Gasteiger partial charge in [-0.1, -0.05) is 0 Å². The molecular formula is C20H28IN3O3. The Hall–Kier alpha value is -2.16. The van der Waals surface area contributed by atoms with Gasteiger partial charge in [0.2, 0.25) is 0 Å². The van der Waals surface area contributed by atoms with E-state index >= 15 is 0 Å². The first-order chi connectivity index (χ1) is 12.6. The van der Waals surface area contributed by atoms with E-state index in [1.807, 2.05) is 62.4 Å². The van der Waals surface area contributed by atoms with Crippen molar-refractivity contribution in [2.45, 2.75) is 20.0 Å². The monoisotopic (exact) mass is 485 g/mol. The van der Waals surface area contributed by atoms with Crippen LogP contribution < -0.4 is 24.8 Å². The number of halogens is 1. The second kappa shape index (κ2) is 12.3. The number of anilines is 1. The summed E-state index contributed by atoms with van der Waals surface area (Å²) in [6, 6.07) is 15.3. The van der Waals surface area contributed by atoms with Gasteiger partial charge in [-0.2, -0.15) is 0 Å². The molecule has 0 saturated carbocycles. The predicted molar refractivity (Wildman–Crippen MR) is 121 cm³/mol. The SMILES string of the molecule is CN=C(NCCOc1ccc(OC)cc1)Nc1ccc(OC(C)C)cc1.I. The third-order valence-corrected chi connectivity index (χ3v) is 3.44. The summed E-state index contributed by atoms with van der Waals surface area (Å²) >= 11 is 0. The van der Waals surface area contributed by atoms with Gasteiger partial charge >= 0.3 is 0 Å². The highest BCUT2D eigenvalue weighted by Crippen LogP contribution is 2.17. The van der Waals surface area contributed by atoms with E-state index < -0.39 is 0 Å². The Morgan fingerprint density at radius 3 is 2.11 bits per heavy atom. The summed E-state index contributed by atoms with van der Waals surface area (Å²) in [5.41, 5.74) is 0.935. The smallest absolute Gasteiger partial charge is 0.195 e. The zero-order valence-electron chi connectivity index (χ0n) is 16.2. The van der Waals surface area contributed by atoms with Gasteiger partial charge in [0, 0.05) is 12.7 Å². The maximum absolute atomic E-state index is 5.69. The molecule has 0 fully saturated rings. The van der Waals surface area contributed by atoms with Crippen molar-refractivity contribution in [1.29, 1.82) is 0 Å². The van der Waals surface area contributed by atoms with E-state index in [2.05, 4.69) is 15.6 Å². The fourth-order valence-electron chi connectivity index (χ4n) is 2.22. The third-order valence-electron chi connectivity index (χ3n) is 3.44. The fraction of sp³-hybridized carbons (Fsp3) is 0.350. The Morgan fingerprint density at radius 1 is 0.963 bits per heavy atom. The number of benzene rings is 2. The zero-order chi connectivity index (χ0) is 18.8. The number of aliphatic imine (C=N–C) groups is 1. The van der Waals surface area contributed by atoms with Crippen molar-refractivity contribution in [3.8, 4) is 17.2 Å². The minimum absolute atomic E-state index is 0. The largest absolute Gasteiger partial charge is 0.497 e. The van der Waals surface area contributed by atoms with E-state index in [1.54, 1.807) is 14.2 Å². The lowest BCUT2D eigenvalue weighted by atomic mass is 10.3. The Labute approximate surface area is 178 Å². The second-order valence-corrected chi connectivity index (χ2v) is 5.84. The summed E-state index contributed by atoms with van der Waals surface area (Å²) in [5, 5.41) is 6.45. The Morgan fingerprint density at radius 2 is 1.56 bits per heavy atom. The highest BCUT2D eigenvalue weighted by atomic mass is 127. The lowest BCUT2D eigenvalue weighted by Gasteiger charge is -2.14. The fourth-order valence-corrected chi connectivity index (χ4v) is 2.22. The number of hydrogen-bond donors (Lipinski definition) is 2. The van der Waals surface area contributed by atoms with Crippen LogP contribution in [0.25, 0.3) is 0 Å². The molecule has 2 aromatic carbocycles. The van der Waals surface area contributed by atoms with Crippen LogP contribution in [-0.4, -0.2) is 39.4 Å². The van der Waals surface area contributed by atoms with Gasteiger partial charge in [0.15, 0.2) is 5.96 Å².